The van der Waals surface area contributed by atoms with Crippen molar-refractivity contribution in [3.05, 3.63) is 17.8 Å². The predicted molar refractivity (Wildman–Crippen MR) is 51.9 cm³/mol. The van der Waals surface area contributed by atoms with Gasteiger partial charge in [-0.1, -0.05) is 6.92 Å². The predicted octanol–water partition coefficient (Wildman–Crippen LogP) is 1.12. The minimum atomic E-state index is 0.465. The quantitative estimate of drug-likeness (QED) is 0.783. The van der Waals surface area contributed by atoms with Crippen molar-refractivity contribution in [3.8, 4) is 0 Å². The van der Waals surface area contributed by atoms with E-state index >= 15 is 0 Å². The van der Waals surface area contributed by atoms with Crippen LogP contribution in [-0.2, 0) is 17.7 Å². The second-order valence-electron chi connectivity index (χ2n) is 3.52. The molecule has 1 atom stereocenters. The first-order chi connectivity index (χ1) is 6.88. The van der Waals surface area contributed by atoms with Crippen molar-refractivity contribution in [1.82, 2.24) is 10.3 Å². The van der Waals surface area contributed by atoms with Crippen molar-refractivity contribution in [2.24, 2.45) is 0 Å². The Bertz CT molecular complexity index is 279. The molecular formula is C10H16N2O2. The maximum atomic E-state index is 5.48. The zero-order valence-corrected chi connectivity index (χ0v) is 8.45. The van der Waals surface area contributed by atoms with Gasteiger partial charge in [0.15, 0.2) is 0 Å². The van der Waals surface area contributed by atoms with Gasteiger partial charge in [0.1, 0.15) is 5.76 Å². The molecule has 1 aromatic heterocycles. The summed E-state index contributed by atoms with van der Waals surface area (Å²) in [5.41, 5.74) is 0. The smallest absolute Gasteiger partial charge is 0.208 e. The molecule has 0 spiro atoms. The number of hydrogen-bond donors (Lipinski definition) is 1. The molecule has 1 saturated heterocycles. The summed E-state index contributed by atoms with van der Waals surface area (Å²) in [5.74, 6) is 1.72. The van der Waals surface area contributed by atoms with E-state index < -0.39 is 0 Å². The van der Waals surface area contributed by atoms with Crippen LogP contribution in [0, 0.1) is 0 Å². The van der Waals surface area contributed by atoms with Gasteiger partial charge in [0.25, 0.3) is 0 Å². The van der Waals surface area contributed by atoms with E-state index in [2.05, 4.69) is 17.2 Å². The van der Waals surface area contributed by atoms with Crippen molar-refractivity contribution < 1.29 is 9.15 Å². The summed E-state index contributed by atoms with van der Waals surface area (Å²) in [7, 11) is 0. The summed E-state index contributed by atoms with van der Waals surface area (Å²) in [4.78, 5) is 4.18. The fourth-order valence-electron chi connectivity index (χ4n) is 1.52. The van der Waals surface area contributed by atoms with Crippen LogP contribution in [0.4, 0.5) is 0 Å². The van der Waals surface area contributed by atoms with Gasteiger partial charge < -0.3 is 14.5 Å². The molecular weight excluding hydrogens is 180 g/mol. The second-order valence-corrected chi connectivity index (χ2v) is 3.52. The Morgan fingerprint density at radius 2 is 2.57 bits per heavy atom. The number of nitrogens with zero attached hydrogens (tertiary/aromatic N) is 1. The highest BCUT2D eigenvalue weighted by atomic mass is 16.5. The Labute approximate surface area is 83.7 Å². The number of ether oxygens (including phenoxy) is 1. The Hall–Kier alpha value is -0.870. The van der Waals surface area contributed by atoms with Crippen molar-refractivity contribution in [1.29, 1.82) is 0 Å². The highest BCUT2D eigenvalue weighted by molar-refractivity contribution is 4.93. The van der Waals surface area contributed by atoms with Gasteiger partial charge in [-0.15, -0.1) is 0 Å². The summed E-state index contributed by atoms with van der Waals surface area (Å²) in [6.07, 6.45) is 3.78. The minimum Gasteiger partial charge on any atom is -0.444 e. The molecule has 78 valence electrons. The fraction of sp³-hybridized carbons (Fsp3) is 0.700. The first-order valence-corrected chi connectivity index (χ1v) is 5.13. The summed E-state index contributed by atoms with van der Waals surface area (Å²) in [5, 5.41) is 3.35. The molecule has 0 aliphatic carbocycles. The highest BCUT2D eigenvalue weighted by Crippen LogP contribution is 2.07. The van der Waals surface area contributed by atoms with E-state index in [4.69, 9.17) is 9.15 Å². The van der Waals surface area contributed by atoms with E-state index in [9.17, 15) is 0 Å². The molecule has 14 heavy (non-hydrogen) atoms. The van der Waals surface area contributed by atoms with Crippen LogP contribution in [0.5, 0.6) is 0 Å². The molecule has 4 heteroatoms. The lowest BCUT2D eigenvalue weighted by Gasteiger charge is -2.07. The van der Waals surface area contributed by atoms with Crippen LogP contribution in [0.3, 0.4) is 0 Å². The lowest BCUT2D eigenvalue weighted by atomic mass is 10.3. The third-order valence-corrected chi connectivity index (χ3v) is 2.42. The molecule has 1 aromatic rings. The van der Waals surface area contributed by atoms with Gasteiger partial charge in [-0.05, 0) is 6.42 Å². The van der Waals surface area contributed by atoms with Gasteiger partial charge >= 0.3 is 0 Å². The zero-order chi connectivity index (χ0) is 9.80. The monoisotopic (exact) mass is 196 g/mol. The van der Waals surface area contributed by atoms with Crippen molar-refractivity contribution >= 4 is 0 Å². The summed E-state index contributed by atoms with van der Waals surface area (Å²) in [6.45, 7) is 4.43. The van der Waals surface area contributed by atoms with Gasteiger partial charge in [0.2, 0.25) is 5.89 Å². The summed E-state index contributed by atoms with van der Waals surface area (Å²) < 4.78 is 10.7. The Morgan fingerprint density at radius 3 is 3.21 bits per heavy atom. The maximum absolute atomic E-state index is 5.48. The van der Waals surface area contributed by atoms with Crippen LogP contribution in [0.1, 0.15) is 25.0 Å². The number of oxazole rings is 1. The van der Waals surface area contributed by atoms with Crippen LogP contribution in [0.15, 0.2) is 10.6 Å². The van der Waals surface area contributed by atoms with Gasteiger partial charge in [0, 0.05) is 19.1 Å². The number of hydrogen-bond acceptors (Lipinski definition) is 4. The van der Waals surface area contributed by atoms with E-state index in [0.717, 1.165) is 37.7 Å². The average Bonchev–Trinajstić information content (AvgIpc) is 2.86. The first-order valence-electron chi connectivity index (χ1n) is 5.13. The van der Waals surface area contributed by atoms with Crippen molar-refractivity contribution in [2.45, 2.75) is 32.4 Å². The molecule has 0 amide bonds. The van der Waals surface area contributed by atoms with Crippen molar-refractivity contribution in [2.75, 3.05) is 13.2 Å². The van der Waals surface area contributed by atoms with Crippen LogP contribution in [0.25, 0.3) is 0 Å². The Morgan fingerprint density at radius 1 is 1.64 bits per heavy atom. The molecule has 1 aliphatic heterocycles. The van der Waals surface area contributed by atoms with Crippen LogP contribution in [0.2, 0.25) is 0 Å². The van der Waals surface area contributed by atoms with E-state index in [1.54, 1.807) is 6.20 Å². The third-order valence-electron chi connectivity index (χ3n) is 2.42. The number of nitrogens with one attached hydrogen (secondary N) is 1. The molecule has 2 heterocycles. The zero-order valence-electron chi connectivity index (χ0n) is 8.45. The SMILES string of the molecule is CCc1cnc(CNC2CCOC2)o1. The Balaban J connectivity index is 1.79. The van der Waals surface area contributed by atoms with Gasteiger partial charge in [-0.2, -0.15) is 0 Å². The van der Waals surface area contributed by atoms with Gasteiger partial charge in [0.05, 0.1) is 19.3 Å². The van der Waals surface area contributed by atoms with Crippen molar-refractivity contribution in [3.63, 3.8) is 0 Å². The number of aromatic nitrogens is 1. The standard InChI is InChI=1S/C10H16N2O2/c1-2-9-5-12-10(14-9)6-11-8-3-4-13-7-8/h5,8,11H,2-4,6-7H2,1H3. The lowest BCUT2D eigenvalue weighted by Crippen LogP contribution is -2.28. The molecule has 1 aliphatic rings. The normalized spacial score (nSPS) is 21.6. The maximum Gasteiger partial charge on any atom is 0.208 e. The fourth-order valence-corrected chi connectivity index (χ4v) is 1.52. The third kappa shape index (κ3) is 2.33. The molecule has 2 rings (SSSR count). The minimum absolute atomic E-state index is 0.465. The van der Waals surface area contributed by atoms with E-state index in [1.165, 1.54) is 0 Å². The molecule has 0 saturated carbocycles. The molecule has 1 N–H and O–H groups in total. The van der Waals surface area contributed by atoms with Crippen LogP contribution >= 0.6 is 0 Å². The molecule has 0 bridgehead atoms. The first kappa shape index (κ1) is 9.68. The van der Waals surface area contributed by atoms with Crippen LogP contribution in [-0.4, -0.2) is 24.2 Å². The van der Waals surface area contributed by atoms with E-state index in [-0.39, 0.29) is 0 Å². The topological polar surface area (TPSA) is 47.3 Å². The largest absolute Gasteiger partial charge is 0.444 e. The molecule has 4 nitrogen and oxygen atoms in total. The summed E-state index contributed by atoms with van der Waals surface area (Å²) in [6, 6.07) is 0.465. The molecule has 1 unspecified atom stereocenters. The van der Waals surface area contributed by atoms with Gasteiger partial charge in [-0.25, -0.2) is 4.98 Å². The molecule has 0 radical (unpaired) electrons. The second kappa shape index (κ2) is 4.57. The van der Waals surface area contributed by atoms with Crippen LogP contribution < -0.4 is 5.32 Å². The highest BCUT2D eigenvalue weighted by Gasteiger charge is 2.15. The molecule has 0 aromatic carbocycles. The van der Waals surface area contributed by atoms with E-state index in [0.29, 0.717) is 12.6 Å². The number of aryl methyl sites for hydroxylation is 1. The average molecular weight is 196 g/mol. The molecule has 1 fully saturated rings. The lowest BCUT2D eigenvalue weighted by molar-refractivity contribution is 0.189. The Kier molecular flexibility index (Phi) is 3.16. The van der Waals surface area contributed by atoms with E-state index in [1.807, 2.05) is 0 Å². The number of rotatable bonds is 4. The summed E-state index contributed by atoms with van der Waals surface area (Å²) >= 11 is 0. The van der Waals surface area contributed by atoms with Gasteiger partial charge in [-0.3, -0.25) is 0 Å².